The summed E-state index contributed by atoms with van der Waals surface area (Å²) in [5, 5.41) is 3.75. The van der Waals surface area contributed by atoms with E-state index in [2.05, 4.69) is 49.6 Å². The van der Waals surface area contributed by atoms with Crippen molar-refractivity contribution in [1.29, 1.82) is 0 Å². The highest BCUT2D eigenvalue weighted by atomic mass is 32.2. The molecule has 0 spiro atoms. The number of benzene rings is 1. The third-order valence-electron chi connectivity index (χ3n) is 2.60. The monoisotopic (exact) mass is 304 g/mol. The van der Waals surface area contributed by atoms with Crippen molar-refractivity contribution in [2.45, 2.75) is 22.6 Å². The van der Waals surface area contributed by atoms with Crippen molar-refractivity contribution in [3.8, 4) is 0 Å². The third-order valence-corrected chi connectivity index (χ3v) is 5.23. The van der Waals surface area contributed by atoms with E-state index in [1.54, 1.807) is 23.5 Å². The topological polar surface area (TPSA) is 0 Å². The number of hydrogen-bond acceptors (Lipinski definition) is 3. The second kappa shape index (κ2) is 7.73. The highest BCUT2D eigenvalue weighted by molar-refractivity contribution is 8.05. The first-order chi connectivity index (χ1) is 9.31. The van der Waals surface area contributed by atoms with Crippen LogP contribution >= 0.6 is 35.3 Å². The minimum absolute atomic E-state index is 1.12. The molecule has 0 aliphatic heterocycles. The molecule has 1 aliphatic carbocycles. The zero-order valence-corrected chi connectivity index (χ0v) is 13.1. The second-order valence-corrected chi connectivity index (χ2v) is 7.24. The fourth-order valence-corrected chi connectivity index (χ4v) is 3.70. The van der Waals surface area contributed by atoms with E-state index in [0.717, 1.165) is 12.8 Å². The molecule has 3 heteroatoms. The number of hydrogen-bond donors (Lipinski definition) is 0. The second-order valence-electron chi connectivity index (χ2n) is 3.91. The maximum Gasteiger partial charge on any atom is 0.0119 e. The predicted octanol–water partition coefficient (Wildman–Crippen LogP) is 6.45. The minimum atomic E-state index is 1.12. The van der Waals surface area contributed by atoms with E-state index in [-0.39, 0.29) is 0 Å². The molecular weight excluding hydrogens is 288 g/mol. The normalized spacial score (nSPS) is 14.5. The predicted molar refractivity (Wildman–Crippen MR) is 91.5 cm³/mol. The summed E-state index contributed by atoms with van der Waals surface area (Å²) in [6.45, 7) is 7.48. The molecule has 1 aromatic rings. The van der Waals surface area contributed by atoms with Gasteiger partial charge in [-0.1, -0.05) is 48.8 Å². The van der Waals surface area contributed by atoms with Crippen LogP contribution in [-0.2, 0) is 0 Å². The van der Waals surface area contributed by atoms with E-state index in [1.807, 2.05) is 22.6 Å². The Labute approximate surface area is 128 Å². The van der Waals surface area contributed by atoms with E-state index < -0.39 is 0 Å². The van der Waals surface area contributed by atoms with Crippen LogP contribution in [-0.4, -0.2) is 0 Å². The Morgan fingerprint density at radius 3 is 1.95 bits per heavy atom. The van der Waals surface area contributed by atoms with Crippen LogP contribution in [0.1, 0.15) is 12.8 Å². The summed E-state index contributed by atoms with van der Waals surface area (Å²) in [7, 11) is 0. The lowest BCUT2D eigenvalue weighted by molar-refractivity contribution is 1.01. The molecule has 1 aliphatic rings. The lowest BCUT2D eigenvalue weighted by Crippen LogP contribution is -1.87. The Kier molecular flexibility index (Phi) is 5.95. The van der Waals surface area contributed by atoms with Crippen LogP contribution in [0.25, 0.3) is 0 Å². The molecule has 0 unspecified atom stereocenters. The van der Waals surface area contributed by atoms with Gasteiger partial charge in [0.2, 0.25) is 0 Å². The molecular formula is C16H16S3. The van der Waals surface area contributed by atoms with Gasteiger partial charge in [-0.15, -0.1) is 11.8 Å². The molecule has 0 nitrogen and oxygen atoms in total. The zero-order chi connectivity index (χ0) is 13.5. The molecule has 0 bridgehead atoms. The van der Waals surface area contributed by atoms with Crippen LogP contribution in [0.5, 0.6) is 0 Å². The van der Waals surface area contributed by atoms with Gasteiger partial charge in [0.1, 0.15) is 0 Å². The molecule has 0 N–H and O–H groups in total. The van der Waals surface area contributed by atoms with E-state index in [0.29, 0.717) is 0 Å². The highest BCUT2D eigenvalue weighted by Crippen LogP contribution is 2.36. The van der Waals surface area contributed by atoms with Crippen molar-refractivity contribution in [1.82, 2.24) is 0 Å². The van der Waals surface area contributed by atoms with E-state index in [4.69, 9.17) is 0 Å². The molecule has 0 saturated carbocycles. The van der Waals surface area contributed by atoms with Crippen LogP contribution in [0.2, 0.25) is 0 Å². The third kappa shape index (κ3) is 4.68. The molecule has 0 amide bonds. The van der Waals surface area contributed by atoms with Gasteiger partial charge in [0.05, 0.1) is 0 Å². The van der Waals surface area contributed by atoms with Crippen molar-refractivity contribution < 1.29 is 0 Å². The van der Waals surface area contributed by atoms with Crippen LogP contribution in [0, 0.1) is 0 Å². The van der Waals surface area contributed by atoms with Gasteiger partial charge in [0, 0.05) is 9.79 Å². The van der Waals surface area contributed by atoms with Crippen LogP contribution in [0.15, 0.2) is 80.0 Å². The van der Waals surface area contributed by atoms with Crippen molar-refractivity contribution in [2.24, 2.45) is 0 Å². The lowest BCUT2D eigenvalue weighted by atomic mass is 10.2. The Hall–Kier alpha value is -0.770. The number of thioether (sulfide) groups is 3. The fraction of sp³-hybridized carbons (Fsp3) is 0.125. The molecule has 19 heavy (non-hydrogen) atoms. The number of rotatable bonds is 6. The summed E-state index contributed by atoms with van der Waals surface area (Å²) in [5.74, 6) is 0. The van der Waals surface area contributed by atoms with Gasteiger partial charge in [-0.05, 0) is 57.7 Å². The first kappa shape index (κ1) is 14.6. The van der Waals surface area contributed by atoms with E-state index in [1.165, 1.54) is 19.6 Å². The van der Waals surface area contributed by atoms with Crippen molar-refractivity contribution >= 4 is 35.3 Å². The summed E-state index contributed by atoms with van der Waals surface area (Å²) in [6, 6.07) is 8.64. The smallest absolute Gasteiger partial charge is 0.0119 e. The van der Waals surface area contributed by atoms with Gasteiger partial charge in [0.15, 0.2) is 0 Å². The standard InChI is InChI=1S/C16H16S3/c1-3-17-13-5-9-15(10-6-13)19-16-11-7-14(8-12-16)18-4-2/h3-7,9-11H,1-2,8,12H2. The quantitative estimate of drug-likeness (QED) is 0.554. The Morgan fingerprint density at radius 1 is 0.789 bits per heavy atom. The molecule has 0 heterocycles. The van der Waals surface area contributed by atoms with Crippen LogP contribution in [0.3, 0.4) is 0 Å². The summed E-state index contributed by atoms with van der Waals surface area (Å²) >= 11 is 5.24. The average molecular weight is 305 g/mol. The first-order valence-electron chi connectivity index (χ1n) is 6.04. The summed E-state index contributed by atoms with van der Waals surface area (Å²) in [4.78, 5) is 5.36. The van der Waals surface area contributed by atoms with Crippen molar-refractivity contribution in [2.75, 3.05) is 0 Å². The van der Waals surface area contributed by atoms with Gasteiger partial charge in [-0.2, -0.15) is 0 Å². The van der Waals surface area contributed by atoms with Crippen LogP contribution in [0.4, 0.5) is 0 Å². The molecule has 0 atom stereocenters. The van der Waals surface area contributed by atoms with Gasteiger partial charge < -0.3 is 0 Å². The molecule has 0 radical (unpaired) electrons. The lowest BCUT2D eigenvalue weighted by Gasteiger charge is -2.12. The van der Waals surface area contributed by atoms with Crippen LogP contribution < -0.4 is 0 Å². The summed E-state index contributed by atoms with van der Waals surface area (Å²) < 4.78 is 0. The molecule has 0 saturated heterocycles. The van der Waals surface area contributed by atoms with Gasteiger partial charge >= 0.3 is 0 Å². The number of allylic oxidation sites excluding steroid dienone is 4. The summed E-state index contributed by atoms with van der Waals surface area (Å²) in [6.07, 6.45) is 6.69. The SMILES string of the molecule is C=CSC1=CC=C(Sc2ccc(SC=C)cc2)CC1. The van der Waals surface area contributed by atoms with Gasteiger partial charge in [-0.25, -0.2) is 0 Å². The van der Waals surface area contributed by atoms with E-state index >= 15 is 0 Å². The molecule has 0 fully saturated rings. The molecule has 0 aromatic heterocycles. The van der Waals surface area contributed by atoms with E-state index in [9.17, 15) is 0 Å². The first-order valence-corrected chi connectivity index (χ1v) is 8.62. The van der Waals surface area contributed by atoms with Gasteiger partial charge in [0.25, 0.3) is 0 Å². The Bertz CT molecular complexity index is 509. The van der Waals surface area contributed by atoms with Gasteiger partial charge in [-0.3, -0.25) is 0 Å². The molecule has 2 rings (SSSR count). The molecule has 1 aromatic carbocycles. The molecule has 98 valence electrons. The van der Waals surface area contributed by atoms with Crippen molar-refractivity contribution in [3.63, 3.8) is 0 Å². The minimum Gasteiger partial charge on any atom is -0.103 e. The maximum absolute atomic E-state index is 3.75. The Balaban J connectivity index is 1.98. The Morgan fingerprint density at radius 2 is 1.37 bits per heavy atom. The zero-order valence-electron chi connectivity index (χ0n) is 10.7. The average Bonchev–Trinajstić information content (AvgIpc) is 2.44. The summed E-state index contributed by atoms with van der Waals surface area (Å²) in [5.41, 5.74) is 0. The largest absolute Gasteiger partial charge is 0.103 e. The fourth-order valence-electron chi connectivity index (χ4n) is 1.72. The van der Waals surface area contributed by atoms with Crippen molar-refractivity contribution in [3.05, 3.63) is 70.2 Å². The maximum atomic E-state index is 3.75. The highest BCUT2D eigenvalue weighted by Gasteiger charge is 2.07.